The van der Waals surface area contributed by atoms with Gasteiger partial charge in [0.15, 0.2) is 23.1 Å². The predicted octanol–water partition coefficient (Wildman–Crippen LogP) is 10.1. The third-order valence-corrected chi connectivity index (χ3v) is 7.06. The Morgan fingerprint density at radius 2 is 1.33 bits per heavy atom. The van der Waals surface area contributed by atoms with E-state index < -0.39 is 17.6 Å². The van der Waals surface area contributed by atoms with Crippen LogP contribution >= 0.6 is 0 Å². The second-order valence-electron chi connectivity index (χ2n) is 10.8. The summed E-state index contributed by atoms with van der Waals surface area (Å²) in [5.74, 6) is 4.88. The molecule has 0 heterocycles. The number of halogens is 2. The fourth-order valence-electron chi connectivity index (χ4n) is 4.53. The summed E-state index contributed by atoms with van der Waals surface area (Å²) < 4.78 is 45.8. The van der Waals surface area contributed by atoms with Gasteiger partial charge in [-0.15, -0.1) is 0 Å². The van der Waals surface area contributed by atoms with Gasteiger partial charge >= 0.3 is 5.97 Å². The molecule has 0 saturated heterocycles. The van der Waals surface area contributed by atoms with Crippen molar-refractivity contribution >= 4 is 5.97 Å². The molecule has 0 radical (unpaired) electrons. The van der Waals surface area contributed by atoms with Crippen LogP contribution in [-0.2, 0) is 0 Å². The predicted molar refractivity (Wildman–Crippen MR) is 168 cm³/mol. The maximum Gasteiger partial charge on any atom is 0.343 e. The van der Waals surface area contributed by atoms with E-state index in [2.05, 4.69) is 25.7 Å². The Labute approximate surface area is 255 Å². The van der Waals surface area contributed by atoms with Crippen molar-refractivity contribution in [1.29, 1.82) is 0 Å². The highest BCUT2D eigenvalue weighted by molar-refractivity contribution is 5.91. The van der Waals surface area contributed by atoms with Crippen LogP contribution in [0.25, 0.3) is 0 Å². The van der Waals surface area contributed by atoms with Crippen molar-refractivity contribution in [3.05, 3.63) is 89.0 Å². The van der Waals surface area contributed by atoms with Gasteiger partial charge in [-0.1, -0.05) is 77.1 Å². The highest BCUT2D eigenvalue weighted by atomic mass is 19.1. The van der Waals surface area contributed by atoms with E-state index in [-0.39, 0.29) is 23.2 Å². The molecule has 1 atom stereocenters. The first-order valence-corrected chi connectivity index (χ1v) is 15.6. The van der Waals surface area contributed by atoms with Crippen molar-refractivity contribution in [3.63, 3.8) is 0 Å². The summed E-state index contributed by atoms with van der Waals surface area (Å²) in [7, 11) is 0. The topological polar surface area (TPSA) is 44.8 Å². The van der Waals surface area contributed by atoms with Gasteiger partial charge < -0.3 is 14.2 Å². The lowest BCUT2D eigenvalue weighted by Gasteiger charge is -2.15. The fraction of sp³-hybridized carbons (Fsp3) is 0.432. The van der Waals surface area contributed by atoms with Gasteiger partial charge in [0, 0.05) is 11.1 Å². The number of unbranched alkanes of at least 4 members (excludes halogenated alkanes) is 8. The summed E-state index contributed by atoms with van der Waals surface area (Å²) in [4.78, 5) is 12.6. The minimum atomic E-state index is -0.673. The highest BCUT2D eigenvalue weighted by Crippen LogP contribution is 2.23. The molecule has 43 heavy (non-hydrogen) atoms. The Morgan fingerprint density at radius 3 is 2.02 bits per heavy atom. The quantitative estimate of drug-likeness (QED) is 0.0679. The zero-order chi connectivity index (χ0) is 30.9. The van der Waals surface area contributed by atoms with Gasteiger partial charge in [-0.2, -0.15) is 0 Å². The maximum atomic E-state index is 14.6. The van der Waals surface area contributed by atoms with Crippen LogP contribution in [0, 0.1) is 23.5 Å². The van der Waals surface area contributed by atoms with E-state index >= 15 is 0 Å². The Balaban J connectivity index is 1.48. The Bertz CT molecular complexity index is 1340. The molecular formula is C37H44F2O4. The smallest absolute Gasteiger partial charge is 0.343 e. The minimum absolute atomic E-state index is 0.0528. The highest BCUT2D eigenvalue weighted by Gasteiger charge is 2.13. The Hall–Kier alpha value is -3.85. The molecule has 3 aromatic rings. The first kappa shape index (κ1) is 33.6. The molecule has 0 aliphatic rings. The van der Waals surface area contributed by atoms with Gasteiger partial charge in [-0.25, -0.2) is 13.6 Å². The van der Waals surface area contributed by atoms with Crippen LogP contribution in [0.15, 0.2) is 60.7 Å². The third-order valence-electron chi connectivity index (χ3n) is 7.06. The van der Waals surface area contributed by atoms with Crippen molar-refractivity contribution in [1.82, 2.24) is 0 Å². The zero-order valence-electron chi connectivity index (χ0n) is 25.7. The minimum Gasteiger partial charge on any atom is -0.491 e. The van der Waals surface area contributed by atoms with E-state index in [4.69, 9.17) is 14.2 Å². The van der Waals surface area contributed by atoms with Crippen molar-refractivity contribution in [2.75, 3.05) is 6.61 Å². The molecule has 0 N–H and O–H groups in total. The van der Waals surface area contributed by atoms with Crippen LogP contribution in [0.2, 0.25) is 0 Å². The second-order valence-corrected chi connectivity index (χ2v) is 10.8. The molecule has 1 unspecified atom stereocenters. The standard InChI is InChI=1S/C37H44F2O4/c1-4-6-8-10-11-13-25-41-35-24-20-31(27-34(35)39)37(40)43-32-21-17-29(18-22-32)15-16-30-19-23-36(33(38)26-30)42-28(3)14-12-9-7-5-2/h17-24,26-28H,4-14,25H2,1-3H3. The van der Waals surface area contributed by atoms with E-state index in [1.165, 1.54) is 50.3 Å². The van der Waals surface area contributed by atoms with Gasteiger partial charge in [0.25, 0.3) is 0 Å². The number of benzene rings is 3. The van der Waals surface area contributed by atoms with Gasteiger partial charge in [-0.3, -0.25) is 0 Å². The number of carbonyl (C=O) groups excluding carboxylic acids is 1. The molecule has 0 saturated carbocycles. The second kappa shape index (κ2) is 18.6. The number of esters is 1. The van der Waals surface area contributed by atoms with Crippen molar-refractivity contribution in [2.45, 2.75) is 97.5 Å². The summed E-state index contributed by atoms with van der Waals surface area (Å²) in [6, 6.07) is 15.4. The third kappa shape index (κ3) is 12.1. The molecule has 0 aromatic heterocycles. The maximum absolute atomic E-state index is 14.6. The molecule has 6 heteroatoms. The summed E-state index contributed by atoms with van der Waals surface area (Å²) in [6.45, 7) is 6.75. The number of carbonyl (C=O) groups is 1. The molecule has 0 aliphatic carbocycles. The number of hydrogen-bond donors (Lipinski definition) is 0. The lowest BCUT2D eigenvalue weighted by molar-refractivity contribution is 0.0734. The molecule has 0 spiro atoms. The lowest BCUT2D eigenvalue weighted by atomic mass is 10.1. The summed E-state index contributed by atoms with van der Waals surface area (Å²) in [5, 5.41) is 0. The average molecular weight is 591 g/mol. The molecule has 0 aliphatic heterocycles. The first-order chi connectivity index (χ1) is 20.9. The molecule has 3 rings (SSSR count). The zero-order valence-corrected chi connectivity index (χ0v) is 25.7. The van der Waals surface area contributed by atoms with Gasteiger partial charge in [0.05, 0.1) is 18.3 Å². The van der Waals surface area contributed by atoms with Crippen molar-refractivity contribution in [3.8, 4) is 29.1 Å². The largest absolute Gasteiger partial charge is 0.491 e. The van der Waals surface area contributed by atoms with Crippen LogP contribution in [0.5, 0.6) is 17.2 Å². The van der Waals surface area contributed by atoms with Crippen molar-refractivity contribution < 1.29 is 27.8 Å². The van der Waals surface area contributed by atoms with E-state index in [1.54, 1.807) is 36.4 Å². The van der Waals surface area contributed by atoms with Crippen LogP contribution in [0.1, 0.15) is 113 Å². The normalized spacial score (nSPS) is 11.4. The van der Waals surface area contributed by atoms with Gasteiger partial charge in [0.2, 0.25) is 0 Å². The molecule has 0 fully saturated rings. The fourth-order valence-corrected chi connectivity index (χ4v) is 4.53. The monoisotopic (exact) mass is 590 g/mol. The van der Waals surface area contributed by atoms with Crippen molar-refractivity contribution in [2.24, 2.45) is 0 Å². The lowest BCUT2D eigenvalue weighted by Crippen LogP contribution is -2.12. The van der Waals surface area contributed by atoms with Gasteiger partial charge in [-0.05, 0) is 86.8 Å². The molecule has 0 bridgehead atoms. The van der Waals surface area contributed by atoms with Crippen LogP contribution in [0.3, 0.4) is 0 Å². The van der Waals surface area contributed by atoms with E-state index in [0.29, 0.717) is 23.5 Å². The van der Waals surface area contributed by atoms with Crippen LogP contribution in [-0.4, -0.2) is 18.7 Å². The van der Waals surface area contributed by atoms with E-state index in [9.17, 15) is 13.6 Å². The Kier molecular flexibility index (Phi) is 14.6. The molecular weight excluding hydrogens is 546 g/mol. The number of hydrogen-bond acceptors (Lipinski definition) is 4. The molecule has 0 amide bonds. The molecule has 4 nitrogen and oxygen atoms in total. The van der Waals surface area contributed by atoms with E-state index in [1.807, 2.05) is 6.92 Å². The first-order valence-electron chi connectivity index (χ1n) is 15.6. The number of rotatable bonds is 17. The number of ether oxygens (including phenoxy) is 3. The average Bonchev–Trinajstić information content (AvgIpc) is 3.00. The Morgan fingerprint density at radius 1 is 0.721 bits per heavy atom. The van der Waals surface area contributed by atoms with Crippen LogP contribution < -0.4 is 14.2 Å². The summed E-state index contributed by atoms with van der Waals surface area (Å²) in [5.41, 5.74) is 1.28. The van der Waals surface area contributed by atoms with E-state index in [0.717, 1.165) is 44.6 Å². The van der Waals surface area contributed by atoms with Crippen LogP contribution in [0.4, 0.5) is 8.78 Å². The summed E-state index contributed by atoms with van der Waals surface area (Å²) in [6.07, 6.45) is 12.2. The van der Waals surface area contributed by atoms with Gasteiger partial charge in [0.1, 0.15) is 5.75 Å². The molecule has 3 aromatic carbocycles. The summed E-state index contributed by atoms with van der Waals surface area (Å²) >= 11 is 0. The SMILES string of the molecule is CCCCCCCCOc1ccc(C(=O)Oc2ccc(C#Cc3ccc(OC(C)CCCCCC)c(F)c3)cc2)cc1F. The molecule has 230 valence electrons.